The van der Waals surface area contributed by atoms with Crippen LogP contribution in [0.15, 0.2) is 0 Å². The summed E-state index contributed by atoms with van der Waals surface area (Å²) < 4.78 is 0. The molecular formula is C4H10B2N2O. The largest absolute Gasteiger partial charge is 0.357 e. The average molecular weight is 124 g/mol. The van der Waals surface area contributed by atoms with Gasteiger partial charge in [0.2, 0.25) is 7.85 Å². The lowest BCUT2D eigenvalue weighted by Gasteiger charge is -2.39. The molecule has 0 atom stereocenters. The molecule has 0 aromatic carbocycles. The van der Waals surface area contributed by atoms with Crippen molar-refractivity contribution in [1.29, 1.82) is 0 Å². The molecule has 1 rings (SSSR count). The van der Waals surface area contributed by atoms with E-state index in [9.17, 15) is 4.79 Å². The molecule has 0 aliphatic carbocycles. The van der Waals surface area contributed by atoms with Crippen LogP contribution in [-0.2, 0) is 0 Å². The Labute approximate surface area is 56.6 Å². The first-order valence-corrected chi connectivity index (χ1v) is 3.17. The zero-order valence-corrected chi connectivity index (χ0v) is 5.85. The predicted octanol–water partition coefficient (Wildman–Crippen LogP) is -2.44. The summed E-state index contributed by atoms with van der Waals surface area (Å²) in [5.41, 5.74) is 0. The number of hydrogen-bond acceptors (Lipinski definition) is 2. The van der Waals surface area contributed by atoms with Crippen LogP contribution >= 0.6 is 0 Å². The maximum atomic E-state index is 10.6. The average Bonchev–Trinajstić information content (AvgIpc) is 1.61. The van der Waals surface area contributed by atoms with Crippen molar-refractivity contribution in [2.45, 2.75) is 6.04 Å². The van der Waals surface area contributed by atoms with Gasteiger partial charge in [0.15, 0.2) is 13.8 Å². The van der Waals surface area contributed by atoms with E-state index in [0.29, 0.717) is 6.04 Å². The molecule has 0 aromatic heterocycles. The van der Waals surface area contributed by atoms with Crippen LogP contribution in [0.25, 0.3) is 0 Å². The van der Waals surface area contributed by atoms with Crippen molar-refractivity contribution < 1.29 is 4.79 Å². The Morgan fingerprint density at radius 1 is 1.67 bits per heavy atom. The van der Waals surface area contributed by atoms with Crippen LogP contribution in [-0.4, -0.2) is 45.7 Å². The SMILES string of the molecule is BNC1CN(C(B)=O)C1. The van der Waals surface area contributed by atoms with E-state index in [4.69, 9.17) is 0 Å². The Morgan fingerprint density at radius 3 is 2.56 bits per heavy atom. The predicted molar refractivity (Wildman–Crippen MR) is 41.0 cm³/mol. The molecule has 0 saturated carbocycles. The number of hydrogen-bond donors (Lipinski definition) is 1. The Kier molecular flexibility index (Phi) is 1.81. The van der Waals surface area contributed by atoms with Crippen LogP contribution in [0.5, 0.6) is 0 Å². The Balaban J connectivity index is 2.19. The zero-order valence-electron chi connectivity index (χ0n) is 5.85. The highest BCUT2D eigenvalue weighted by molar-refractivity contribution is 6.57. The van der Waals surface area contributed by atoms with E-state index >= 15 is 0 Å². The molecule has 0 bridgehead atoms. The topological polar surface area (TPSA) is 32.3 Å². The molecule has 1 aliphatic heterocycles. The lowest BCUT2D eigenvalue weighted by Crippen LogP contribution is -2.59. The van der Waals surface area contributed by atoms with Gasteiger partial charge in [-0.2, -0.15) is 0 Å². The molecule has 0 radical (unpaired) electrons. The first-order valence-electron chi connectivity index (χ1n) is 3.17. The lowest BCUT2D eigenvalue weighted by molar-refractivity contribution is 0.168. The molecule has 1 N–H and O–H groups in total. The fourth-order valence-corrected chi connectivity index (χ4v) is 0.918. The quantitative estimate of drug-likeness (QED) is 0.393. The maximum Gasteiger partial charge on any atom is 0.215 e. The second-order valence-electron chi connectivity index (χ2n) is 2.41. The van der Waals surface area contributed by atoms with Crippen molar-refractivity contribution in [2.24, 2.45) is 0 Å². The van der Waals surface area contributed by atoms with Crippen LogP contribution in [0.1, 0.15) is 0 Å². The van der Waals surface area contributed by atoms with Gasteiger partial charge in [0.1, 0.15) is 0 Å². The number of rotatable bonds is 1. The molecule has 0 unspecified atom stereocenters. The highest BCUT2D eigenvalue weighted by Gasteiger charge is 2.25. The van der Waals surface area contributed by atoms with Gasteiger partial charge in [-0.1, -0.05) is 0 Å². The van der Waals surface area contributed by atoms with Crippen molar-refractivity contribution in [2.75, 3.05) is 13.1 Å². The van der Waals surface area contributed by atoms with Crippen molar-refractivity contribution >= 4 is 21.6 Å². The van der Waals surface area contributed by atoms with Crippen LogP contribution in [0.4, 0.5) is 4.79 Å². The van der Waals surface area contributed by atoms with Crippen molar-refractivity contribution in [3.63, 3.8) is 0 Å². The molecule has 1 saturated heterocycles. The molecule has 9 heavy (non-hydrogen) atoms. The Bertz CT molecular complexity index is 124. The molecule has 3 nitrogen and oxygen atoms in total. The second-order valence-corrected chi connectivity index (χ2v) is 2.41. The second kappa shape index (κ2) is 2.43. The first-order chi connectivity index (χ1) is 4.24. The van der Waals surface area contributed by atoms with Gasteiger partial charge >= 0.3 is 0 Å². The summed E-state index contributed by atoms with van der Waals surface area (Å²) in [6, 6.07) is 0.536. The van der Waals surface area contributed by atoms with E-state index in [0.717, 1.165) is 13.1 Å². The number of nitrogens with zero attached hydrogens (tertiary/aromatic N) is 1. The normalized spacial score (nSPS) is 19.3. The van der Waals surface area contributed by atoms with E-state index in [1.807, 2.05) is 12.9 Å². The monoisotopic (exact) mass is 124 g/mol. The summed E-state index contributed by atoms with van der Waals surface area (Å²) in [4.78, 5) is 12.4. The van der Waals surface area contributed by atoms with E-state index in [2.05, 4.69) is 5.23 Å². The highest BCUT2D eigenvalue weighted by Crippen LogP contribution is 2.05. The van der Waals surface area contributed by atoms with Crippen LogP contribution in [0.2, 0.25) is 0 Å². The Hall–Kier alpha value is -0.440. The third kappa shape index (κ3) is 1.27. The van der Waals surface area contributed by atoms with E-state index in [1.165, 1.54) is 0 Å². The van der Waals surface area contributed by atoms with Gasteiger partial charge in [0.05, 0.1) is 0 Å². The fraction of sp³-hybridized carbons (Fsp3) is 0.750. The molecule has 1 amide bonds. The molecule has 1 heterocycles. The molecule has 0 spiro atoms. The smallest absolute Gasteiger partial charge is 0.215 e. The molecule has 5 heteroatoms. The number of carbonyl (C=O) groups excluding carboxylic acids is 1. The van der Waals surface area contributed by atoms with Crippen molar-refractivity contribution in [1.82, 2.24) is 10.1 Å². The minimum Gasteiger partial charge on any atom is -0.357 e. The van der Waals surface area contributed by atoms with Crippen LogP contribution < -0.4 is 5.23 Å². The summed E-state index contributed by atoms with van der Waals surface area (Å²) in [5.74, 6) is 0.182. The van der Waals surface area contributed by atoms with Gasteiger partial charge in [0, 0.05) is 19.1 Å². The minimum absolute atomic E-state index is 0.182. The Morgan fingerprint density at radius 2 is 2.22 bits per heavy atom. The molecule has 1 fully saturated rings. The molecule has 1 aliphatic rings. The molecule has 48 valence electrons. The first kappa shape index (κ1) is 6.68. The van der Waals surface area contributed by atoms with E-state index < -0.39 is 0 Å². The number of nitrogens with one attached hydrogen (secondary N) is 1. The summed E-state index contributed by atoms with van der Waals surface area (Å²) in [6.07, 6.45) is 0. The highest BCUT2D eigenvalue weighted by atomic mass is 16.2. The van der Waals surface area contributed by atoms with Crippen LogP contribution in [0.3, 0.4) is 0 Å². The third-order valence-corrected chi connectivity index (χ3v) is 1.74. The van der Waals surface area contributed by atoms with E-state index in [1.54, 1.807) is 7.85 Å². The van der Waals surface area contributed by atoms with Gasteiger partial charge in [-0.15, -0.1) is 0 Å². The zero-order chi connectivity index (χ0) is 6.85. The molecule has 0 aromatic rings. The summed E-state index contributed by atoms with van der Waals surface area (Å²) >= 11 is 0. The fourth-order valence-electron chi connectivity index (χ4n) is 0.918. The summed E-state index contributed by atoms with van der Waals surface area (Å²) in [7, 11) is 3.52. The van der Waals surface area contributed by atoms with Gasteiger partial charge in [-0.25, -0.2) is 0 Å². The molecular weight excluding hydrogens is 114 g/mol. The van der Waals surface area contributed by atoms with E-state index in [-0.39, 0.29) is 5.81 Å². The standard InChI is InChI=1S/C4H10B2N2O/c5-4(9)8-1-3(2-8)7-6/h3,7H,1-2,5-6H2. The third-order valence-electron chi connectivity index (χ3n) is 1.74. The van der Waals surface area contributed by atoms with Gasteiger partial charge in [-0.05, 0) is 0 Å². The van der Waals surface area contributed by atoms with Gasteiger partial charge in [0.25, 0.3) is 0 Å². The summed E-state index contributed by atoms with van der Waals surface area (Å²) in [6.45, 7) is 1.76. The number of likely N-dealkylation sites (tertiary alicyclic amines) is 1. The van der Waals surface area contributed by atoms with Gasteiger partial charge in [-0.3, -0.25) is 4.79 Å². The summed E-state index contributed by atoms with van der Waals surface area (Å²) in [5, 5.41) is 3.09. The maximum absolute atomic E-state index is 10.6. The van der Waals surface area contributed by atoms with Crippen LogP contribution in [0, 0.1) is 0 Å². The number of amides is 1. The van der Waals surface area contributed by atoms with Gasteiger partial charge < -0.3 is 10.1 Å². The van der Waals surface area contributed by atoms with Crippen molar-refractivity contribution in [3.05, 3.63) is 0 Å². The van der Waals surface area contributed by atoms with Crippen molar-refractivity contribution in [3.8, 4) is 0 Å². The number of carbonyl (C=O) groups is 1. The minimum atomic E-state index is 0.182. The lowest BCUT2D eigenvalue weighted by atomic mass is 10.0.